The van der Waals surface area contributed by atoms with Gasteiger partial charge in [0.1, 0.15) is 5.02 Å². The van der Waals surface area contributed by atoms with E-state index in [0.717, 1.165) is 12.1 Å². The van der Waals surface area contributed by atoms with Crippen molar-refractivity contribution in [2.75, 3.05) is 13.1 Å². The number of nitrogens with two attached hydrogens (primary N) is 1. The zero-order chi connectivity index (χ0) is 16.1. The third-order valence-electron chi connectivity index (χ3n) is 4.58. The topological polar surface area (TPSA) is 72.4 Å². The van der Waals surface area contributed by atoms with Crippen LogP contribution >= 0.6 is 11.6 Å². The summed E-state index contributed by atoms with van der Waals surface area (Å²) in [5, 5.41) is 11.3. The van der Waals surface area contributed by atoms with Gasteiger partial charge in [-0.3, -0.25) is 15.0 Å². The Hall–Kier alpha value is -1.17. The highest BCUT2D eigenvalue weighted by Crippen LogP contribution is 2.33. The standard InChI is InChI=1S/C16H24ClN3O2/c1-2-19(13-6-4-3-5-7-13)16(11-18)12-8-9-14(17)15(10-12)20(21)22/h8-10,13,16H,2-7,11,18H2,1H3. The zero-order valence-electron chi connectivity index (χ0n) is 13.0. The number of rotatable bonds is 6. The summed E-state index contributed by atoms with van der Waals surface area (Å²) >= 11 is 5.91. The third-order valence-corrected chi connectivity index (χ3v) is 4.90. The highest BCUT2D eigenvalue weighted by molar-refractivity contribution is 6.32. The summed E-state index contributed by atoms with van der Waals surface area (Å²) in [6.07, 6.45) is 6.16. The smallest absolute Gasteiger partial charge is 0.288 e. The fraction of sp³-hybridized carbons (Fsp3) is 0.625. The van der Waals surface area contributed by atoms with Crippen LogP contribution in [0.2, 0.25) is 5.02 Å². The predicted molar refractivity (Wildman–Crippen MR) is 89.2 cm³/mol. The van der Waals surface area contributed by atoms with E-state index in [0.29, 0.717) is 12.6 Å². The molecule has 1 aromatic carbocycles. The number of halogens is 1. The quantitative estimate of drug-likeness (QED) is 0.636. The first-order chi connectivity index (χ1) is 10.6. The lowest BCUT2D eigenvalue weighted by Gasteiger charge is -2.39. The van der Waals surface area contributed by atoms with E-state index in [4.69, 9.17) is 17.3 Å². The first-order valence-corrected chi connectivity index (χ1v) is 8.36. The van der Waals surface area contributed by atoms with Gasteiger partial charge in [0, 0.05) is 24.7 Å². The van der Waals surface area contributed by atoms with Gasteiger partial charge in [0.15, 0.2) is 0 Å². The normalized spacial score (nSPS) is 17.6. The molecule has 22 heavy (non-hydrogen) atoms. The molecule has 0 heterocycles. The highest BCUT2D eigenvalue weighted by Gasteiger charge is 2.28. The Kier molecular flexibility index (Phi) is 6.17. The molecule has 2 rings (SSSR count). The van der Waals surface area contributed by atoms with Crippen LogP contribution in [0.5, 0.6) is 0 Å². The molecular weight excluding hydrogens is 302 g/mol. The van der Waals surface area contributed by atoms with Crippen molar-refractivity contribution < 1.29 is 4.92 Å². The van der Waals surface area contributed by atoms with Crippen molar-refractivity contribution in [3.8, 4) is 0 Å². The molecule has 2 N–H and O–H groups in total. The molecule has 122 valence electrons. The van der Waals surface area contributed by atoms with Gasteiger partial charge in [-0.2, -0.15) is 0 Å². The van der Waals surface area contributed by atoms with E-state index < -0.39 is 4.92 Å². The molecule has 1 atom stereocenters. The number of hydrogen-bond donors (Lipinski definition) is 1. The summed E-state index contributed by atoms with van der Waals surface area (Å²) in [5.41, 5.74) is 6.84. The second-order valence-electron chi connectivity index (χ2n) is 5.84. The van der Waals surface area contributed by atoms with Gasteiger partial charge in [-0.1, -0.05) is 43.9 Å². The molecule has 0 aliphatic heterocycles. The van der Waals surface area contributed by atoms with Crippen LogP contribution in [-0.4, -0.2) is 29.0 Å². The summed E-state index contributed by atoms with van der Waals surface area (Å²) in [6, 6.07) is 5.56. The van der Waals surface area contributed by atoms with Crippen LogP contribution < -0.4 is 5.73 Å². The maximum atomic E-state index is 11.1. The van der Waals surface area contributed by atoms with E-state index in [1.54, 1.807) is 12.1 Å². The van der Waals surface area contributed by atoms with Gasteiger partial charge in [0.2, 0.25) is 0 Å². The van der Waals surface area contributed by atoms with Gasteiger partial charge in [0.05, 0.1) is 4.92 Å². The van der Waals surface area contributed by atoms with E-state index in [-0.39, 0.29) is 16.8 Å². The van der Waals surface area contributed by atoms with Crippen molar-refractivity contribution in [2.24, 2.45) is 5.73 Å². The average molecular weight is 326 g/mol. The molecule has 1 aliphatic rings. The number of hydrogen-bond acceptors (Lipinski definition) is 4. The fourth-order valence-corrected chi connectivity index (χ4v) is 3.67. The maximum Gasteiger partial charge on any atom is 0.288 e. The van der Waals surface area contributed by atoms with Crippen LogP contribution in [0.15, 0.2) is 18.2 Å². The van der Waals surface area contributed by atoms with Crippen molar-refractivity contribution in [1.82, 2.24) is 4.90 Å². The molecule has 1 aromatic rings. The van der Waals surface area contributed by atoms with E-state index >= 15 is 0 Å². The van der Waals surface area contributed by atoms with Crippen LogP contribution in [0.3, 0.4) is 0 Å². The van der Waals surface area contributed by atoms with Gasteiger partial charge >= 0.3 is 0 Å². The molecule has 0 saturated heterocycles. The number of nitro benzene ring substituents is 1. The Balaban J connectivity index is 2.29. The molecule has 1 aliphatic carbocycles. The van der Waals surface area contributed by atoms with E-state index in [2.05, 4.69) is 11.8 Å². The molecule has 0 bridgehead atoms. The van der Waals surface area contributed by atoms with E-state index in [9.17, 15) is 10.1 Å². The summed E-state index contributed by atoms with van der Waals surface area (Å²) in [7, 11) is 0. The minimum atomic E-state index is -0.434. The first kappa shape index (κ1) is 17.2. The molecule has 0 spiro atoms. The third kappa shape index (κ3) is 3.77. The molecule has 5 nitrogen and oxygen atoms in total. The van der Waals surface area contributed by atoms with Crippen molar-refractivity contribution >= 4 is 17.3 Å². The van der Waals surface area contributed by atoms with E-state index in [1.807, 2.05) is 6.07 Å². The minimum absolute atomic E-state index is 0.00377. The summed E-state index contributed by atoms with van der Waals surface area (Å²) in [6.45, 7) is 3.47. The summed E-state index contributed by atoms with van der Waals surface area (Å²) in [5.74, 6) is 0. The zero-order valence-corrected chi connectivity index (χ0v) is 13.8. The van der Waals surface area contributed by atoms with Gasteiger partial charge in [-0.25, -0.2) is 0 Å². The van der Waals surface area contributed by atoms with Crippen LogP contribution in [-0.2, 0) is 0 Å². The lowest BCUT2D eigenvalue weighted by atomic mass is 9.91. The average Bonchev–Trinajstić information content (AvgIpc) is 2.53. The molecule has 0 amide bonds. The molecule has 1 saturated carbocycles. The molecule has 0 radical (unpaired) electrons. The van der Waals surface area contributed by atoms with E-state index in [1.165, 1.54) is 32.1 Å². The maximum absolute atomic E-state index is 11.1. The lowest BCUT2D eigenvalue weighted by Crippen LogP contribution is -2.42. The van der Waals surface area contributed by atoms with Crippen molar-refractivity contribution in [3.63, 3.8) is 0 Å². The Morgan fingerprint density at radius 2 is 2.09 bits per heavy atom. The summed E-state index contributed by atoms with van der Waals surface area (Å²) < 4.78 is 0. The fourth-order valence-electron chi connectivity index (χ4n) is 3.49. The largest absolute Gasteiger partial charge is 0.329 e. The monoisotopic (exact) mass is 325 g/mol. The Labute approximate surface area is 136 Å². The van der Waals surface area contributed by atoms with Crippen LogP contribution in [0.1, 0.15) is 50.6 Å². The molecule has 1 unspecified atom stereocenters. The number of nitrogens with zero attached hydrogens (tertiary/aromatic N) is 2. The molecule has 1 fully saturated rings. The number of benzene rings is 1. The Morgan fingerprint density at radius 1 is 1.41 bits per heavy atom. The molecule has 0 aromatic heterocycles. The highest BCUT2D eigenvalue weighted by atomic mass is 35.5. The summed E-state index contributed by atoms with van der Waals surface area (Å²) in [4.78, 5) is 13.1. The second-order valence-corrected chi connectivity index (χ2v) is 6.25. The number of nitro groups is 1. The molecule has 6 heteroatoms. The SMILES string of the molecule is CCN(C1CCCCC1)C(CN)c1ccc(Cl)c([N+](=O)[O-])c1. The molecular formula is C16H24ClN3O2. The second kappa shape index (κ2) is 7.90. The van der Waals surface area contributed by atoms with Gasteiger partial charge < -0.3 is 5.73 Å². The van der Waals surface area contributed by atoms with Crippen LogP contribution in [0.4, 0.5) is 5.69 Å². The first-order valence-electron chi connectivity index (χ1n) is 7.98. The van der Waals surface area contributed by atoms with Crippen molar-refractivity contribution in [2.45, 2.75) is 51.1 Å². The Morgan fingerprint density at radius 3 is 2.64 bits per heavy atom. The van der Waals surface area contributed by atoms with Crippen LogP contribution in [0.25, 0.3) is 0 Å². The minimum Gasteiger partial charge on any atom is -0.329 e. The predicted octanol–water partition coefficient (Wildman–Crippen LogP) is 3.90. The number of likely N-dealkylation sites (N-methyl/N-ethyl adjacent to an activating group) is 1. The van der Waals surface area contributed by atoms with Crippen LogP contribution in [0, 0.1) is 10.1 Å². The Bertz CT molecular complexity index is 518. The van der Waals surface area contributed by atoms with Gasteiger partial charge in [-0.05, 0) is 31.0 Å². The van der Waals surface area contributed by atoms with Crippen molar-refractivity contribution in [3.05, 3.63) is 38.9 Å². The lowest BCUT2D eigenvalue weighted by molar-refractivity contribution is -0.384. The van der Waals surface area contributed by atoms with Gasteiger partial charge in [0.25, 0.3) is 5.69 Å². The van der Waals surface area contributed by atoms with Crippen molar-refractivity contribution in [1.29, 1.82) is 0 Å². The van der Waals surface area contributed by atoms with Gasteiger partial charge in [-0.15, -0.1) is 0 Å².